The topological polar surface area (TPSA) is 75.4 Å². The molecule has 4 nitrogen and oxygen atoms in total. The molecule has 0 saturated heterocycles. The lowest BCUT2D eigenvalue weighted by atomic mass is 10.0. The summed E-state index contributed by atoms with van der Waals surface area (Å²) < 4.78 is 0. The standard InChI is InChI=1S/C11H15ClN2O2/c1-6(2)10(13)11(16)14-8-4-3-7(12)5-9(8)15/h3-6,10,15H,13H2,1-2H3,(H,14,16)/t10-/m0/s1. The Morgan fingerprint density at radius 3 is 2.62 bits per heavy atom. The number of hydrogen-bond donors (Lipinski definition) is 3. The number of amides is 1. The number of carbonyl (C=O) groups excluding carboxylic acids is 1. The minimum atomic E-state index is -0.602. The average Bonchev–Trinajstić information content (AvgIpc) is 2.20. The molecule has 16 heavy (non-hydrogen) atoms. The molecule has 0 fully saturated rings. The van der Waals surface area contributed by atoms with E-state index in [9.17, 15) is 9.90 Å². The predicted molar refractivity (Wildman–Crippen MR) is 64.6 cm³/mol. The highest BCUT2D eigenvalue weighted by atomic mass is 35.5. The highest BCUT2D eigenvalue weighted by molar-refractivity contribution is 6.30. The van der Waals surface area contributed by atoms with Gasteiger partial charge in [0.15, 0.2) is 0 Å². The Morgan fingerprint density at radius 1 is 1.50 bits per heavy atom. The van der Waals surface area contributed by atoms with Crippen LogP contribution in [0.25, 0.3) is 0 Å². The van der Waals surface area contributed by atoms with Crippen LogP contribution in [0.5, 0.6) is 5.75 Å². The fourth-order valence-corrected chi connectivity index (χ4v) is 1.30. The second-order valence-corrected chi connectivity index (χ2v) is 4.36. The summed E-state index contributed by atoms with van der Waals surface area (Å²) in [6.07, 6.45) is 0. The summed E-state index contributed by atoms with van der Waals surface area (Å²) in [5.41, 5.74) is 5.98. The van der Waals surface area contributed by atoms with Crippen molar-refractivity contribution in [3.8, 4) is 5.75 Å². The first-order valence-corrected chi connectivity index (χ1v) is 5.34. The normalized spacial score (nSPS) is 12.6. The van der Waals surface area contributed by atoms with Gasteiger partial charge in [0.05, 0.1) is 11.7 Å². The van der Waals surface area contributed by atoms with Gasteiger partial charge < -0.3 is 16.2 Å². The first kappa shape index (κ1) is 12.8. The molecule has 88 valence electrons. The Bertz CT molecular complexity index is 394. The number of hydrogen-bond acceptors (Lipinski definition) is 3. The van der Waals surface area contributed by atoms with E-state index in [0.717, 1.165) is 0 Å². The zero-order chi connectivity index (χ0) is 12.3. The summed E-state index contributed by atoms with van der Waals surface area (Å²) in [7, 11) is 0. The molecule has 0 spiro atoms. The SMILES string of the molecule is CC(C)[C@H](N)C(=O)Nc1ccc(Cl)cc1O. The van der Waals surface area contributed by atoms with Crippen LogP contribution >= 0.6 is 11.6 Å². The third-order valence-corrected chi connectivity index (χ3v) is 2.47. The molecule has 0 aromatic heterocycles. The Labute approximate surface area is 99.4 Å². The summed E-state index contributed by atoms with van der Waals surface area (Å²) in [5, 5.41) is 12.5. The summed E-state index contributed by atoms with van der Waals surface area (Å²) in [6.45, 7) is 3.71. The van der Waals surface area contributed by atoms with Crippen LogP contribution in [-0.4, -0.2) is 17.1 Å². The second kappa shape index (κ2) is 5.18. The van der Waals surface area contributed by atoms with Gasteiger partial charge in [-0.25, -0.2) is 0 Å². The van der Waals surface area contributed by atoms with Crippen molar-refractivity contribution in [2.75, 3.05) is 5.32 Å². The van der Waals surface area contributed by atoms with Crippen LogP contribution in [0, 0.1) is 5.92 Å². The third kappa shape index (κ3) is 3.12. The molecule has 1 aromatic carbocycles. The quantitative estimate of drug-likeness (QED) is 0.710. The Hall–Kier alpha value is -1.26. The molecule has 0 unspecified atom stereocenters. The van der Waals surface area contributed by atoms with Gasteiger partial charge in [-0.3, -0.25) is 4.79 Å². The van der Waals surface area contributed by atoms with Crippen LogP contribution in [-0.2, 0) is 4.79 Å². The maximum absolute atomic E-state index is 11.6. The highest BCUT2D eigenvalue weighted by Gasteiger charge is 2.18. The number of nitrogens with one attached hydrogen (secondary N) is 1. The molecule has 0 aliphatic carbocycles. The molecule has 0 aliphatic heterocycles. The van der Waals surface area contributed by atoms with Gasteiger partial charge >= 0.3 is 0 Å². The van der Waals surface area contributed by atoms with Crippen molar-refractivity contribution in [3.05, 3.63) is 23.2 Å². The van der Waals surface area contributed by atoms with Gasteiger partial charge in [0.25, 0.3) is 0 Å². The molecule has 0 bridgehead atoms. The smallest absolute Gasteiger partial charge is 0.241 e. The maximum Gasteiger partial charge on any atom is 0.241 e. The van der Waals surface area contributed by atoms with Crippen LogP contribution in [0.3, 0.4) is 0 Å². The fraction of sp³-hybridized carbons (Fsp3) is 0.364. The highest BCUT2D eigenvalue weighted by Crippen LogP contribution is 2.26. The van der Waals surface area contributed by atoms with E-state index in [-0.39, 0.29) is 17.6 Å². The number of benzene rings is 1. The molecule has 1 atom stereocenters. The minimum Gasteiger partial charge on any atom is -0.506 e. The maximum atomic E-state index is 11.6. The van der Waals surface area contributed by atoms with Crippen LogP contribution in [0.4, 0.5) is 5.69 Å². The monoisotopic (exact) mass is 242 g/mol. The van der Waals surface area contributed by atoms with Crippen molar-refractivity contribution >= 4 is 23.2 Å². The number of aromatic hydroxyl groups is 1. The van der Waals surface area contributed by atoms with Gasteiger partial charge in [-0.05, 0) is 18.1 Å². The lowest BCUT2D eigenvalue weighted by Crippen LogP contribution is -2.39. The number of phenolic OH excluding ortho intramolecular Hbond substituents is 1. The van der Waals surface area contributed by atoms with E-state index in [1.165, 1.54) is 12.1 Å². The van der Waals surface area contributed by atoms with Gasteiger partial charge in [0.1, 0.15) is 5.75 Å². The Balaban J connectivity index is 2.77. The molecule has 0 heterocycles. The number of halogens is 1. The molecule has 0 saturated carbocycles. The van der Waals surface area contributed by atoms with Crippen molar-refractivity contribution in [1.29, 1.82) is 0 Å². The third-order valence-electron chi connectivity index (χ3n) is 2.24. The van der Waals surface area contributed by atoms with Crippen LogP contribution < -0.4 is 11.1 Å². The van der Waals surface area contributed by atoms with E-state index in [1.54, 1.807) is 6.07 Å². The number of rotatable bonds is 3. The largest absolute Gasteiger partial charge is 0.506 e. The molecule has 1 amide bonds. The van der Waals surface area contributed by atoms with Crippen LogP contribution in [0.15, 0.2) is 18.2 Å². The molecule has 0 radical (unpaired) electrons. The molecule has 0 aliphatic rings. The van der Waals surface area contributed by atoms with Crippen LogP contribution in [0.2, 0.25) is 5.02 Å². The molecular weight excluding hydrogens is 228 g/mol. The van der Waals surface area contributed by atoms with Gasteiger partial charge in [-0.1, -0.05) is 25.4 Å². The first-order chi connectivity index (χ1) is 7.41. The zero-order valence-corrected chi connectivity index (χ0v) is 9.95. The summed E-state index contributed by atoms with van der Waals surface area (Å²) in [6, 6.07) is 3.87. The number of anilines is 1. The van der Waals surface area contributed by atoms with Crippen molar-refractivity contribution in [3.63, 3.8) is 0 Å². The van der Waals surface area contributed by atoms with Crippen molar-refractivity contribution in [2.45, 2.75) is 19.9 Å². The van der Waals surface area contributed by atoms with Crippen molar-refractivity contribution < 1.29 is 9.90 Å². The van der Waals surface area contributed by atoms with Crippen LogP contribution in [0.1, 0.15) is 13.8 Å². The van der Waals surface area contributed by atoms with E-state index in [0.29, 0.717) is 10.7 Å². The van der Waals surface area contributed by atoms with Gasteiger partial charge in [-0.2, -0.15) is 0 Å². The lowest BCUT2D eigenvalue weighted by Gasteiger charge is -2.15. The van der Waals surface area contributed by atoms with Crippen molar-refractivity contribution in [1.82, 2.24) is 0 Å². The number of carbonyl (C=O) groups is 1. The van der Waals surface area contributed by atoms with Gasteiger partial charge in [0, 0.05) is 11.1 Å². The van der Waals surface area contributed by atoms with E-state index < -0.39 is 6.04 Å². The molecule has 5 heteroatoms. The first-order valence-electron chi connectivity index (χ1n) is 4.96. The molecule has 4 N–H and O–H groups in total. The van der Waals surface area contributed by atoms with Crippen molar-refractivity contribution in [2.24, 2.45) is 11.7 Å². The Kier molecular flexibility index (Phi) is 4.15. The molecule has 1 rings (SSSR count). The molecule has 1 aromatic rings. The summed E-state index contributed by atoms with van der Waals surface area (Å²) in [4.78, 5) is 11.6. The lowest BCUT2D eigenvalue weighted by molar-refractivity contribution is -0.118. The van der Waals surface area contributed by atoms with Gasteiger partial charge in [0.2, 0.25) is 5.91 Å². The second-order valence-electron chi connectivity index (χ2n) is 3.92. The summed E-state index contributed by atoms with van der Waals surface area (Å²) >= 11 is 5.67. The van der Waals surface area contributed by atoms with E-state index in [4.69, 9.17) is 17.3 Å². The minimum absolute atomic E-state index is 0.0365. The number of phenols is 1. The average molecular weight is 243 g/mol. The fourth-order valence-electron chi connectivity index (χ4n) is 1.13. The van der Waals surface area contributed by atoms with E-state index in [2.05, 4.69) is 5.32 Å². The number of nitrogens with two attached hydrogens (primary N) is 1. The Morgan fingerprint density at radius 2 is 2.12 bits per heavy atom. The zero-order valence-electron chi connectivity index (χ0n) is 9.20. The predicted octanol–water partition coefficient (Wildman–Crippen LogP) is 1.97. The van der Waals surface area contributed by atoms with E-state index >= 15 is 0 Å². The van der Waals surface area contributed by atoms with E-state index in [1.807, 2.05) is 13.8 Å². The van der Waals surface area contributed by atoms with Gasteiger partial charge in [-0.15, -0.1) is 0 Å². The molecular formula is C11H15ClN2O2. The summed E-state index contributed by atoms with van der Waals surface area (Å²) in [5.74, 6) is -0.362.